The number of ether oxygens (including phenoxy) is 2. The number of hydrogen-bond acceptors (Lipinski definition) is 8. The quantitative estimate of drug-likeness (QED) is 0.686. The van der Waals surface area contributed by atoms with Crippen molar-refractivity contribution in [2.45, 2.75) is 59.5 Å². The minimum Gasteiger partial charge on any atom is -0.462 e. The van der Waals surface area contributed by atoms with Crippen LogP contribution in [0.2, 0.25) is 0 Å². The first-order chi connectivity index (χ1) is 13.8. The molecule has 0 fully saturated rings. The van der Waals surface area contributed by atoms with Crippen LogP contribution in [0, 0.1) is 13.8 Å². The Bertz CT molecular complexity index is 947. The second-order valence-electron chi connectivity index (χ2n) is 6.82. The highest BCUT2D eigenvalue weighted by molar-refractivity contribution is 7.17. The highest BCUT2D eigenvalue weighted by atomic mass is 32.1. The summed E-state index contributed by atoms with van der Waals surface area (Å²) in [6, 6.07) is 0. The summed E-state index contributed by atoms with van der Waals surface area (Å²) in [6.07, 6.45) is 2.73. The van der Waals surface area contributed by atoms with E-state index < -0.39 is 23.9 Å². The second kappa shape index (κ2) is 9.04. The zero-order chi connectivity index (χ0) is 21.1. The number of nitrogens with one attached hydrogen (secondary N) is 1. The van der Waals surface area contributed by atoms with Gasteiger partial charge in [0, 0.05) is 4.88 Å². The van der Waals surface area contributed by atoms with Gasteiger partial charge in [-0.2, -0.15) is 0 Å². The van der Waals surface area contributed by atoms with Crippen molar-refractivity contribution in [3.8, 4) is 0 Å². The molecule has 29 heavy (non-hydrogen) atoms. The molecule has 0 saturated heterocycles. The van der Waals surface area contributed by atoms with Crippen molar-refractivity contribution in [1.29, 1.82) is 0 Å². The molecule has 0 spiro atoms. The van der Waals surface area contributed by atoms with E-state index in [-0.39, 0.29) is 6.61 Å². The fourth-order valence-corrected chi connectivity index (χ4v) is 5.36. The minimum atomic E-state index is -1.02. The molecule has 156 valence electrons. The summed E-state index contributed by atoms with van der Waals surface area (Å²) in [6.45, 7) is 7.05. The predicted molar refractivity (Wildman–Crippen MR) is 112 cm³/mol. The van der Waals surface area contributed by atoms with Crippen molar-refractivity contribution in [3.05, 3.63) is 31.6 Å². The molecule has 0 radical (unpaired) electrons. The summed E-state index contributed by atoms with van der Waals surface area (Å²) in [7, 11) is 0. The molecular weight excluding hydrogens is 412 g/mol. The molecule has 2 heterocycles. The number of fused-ring (bicyclic) bond motifs is 1. The van der Waals surface area contributed by atoms with Crippen molar-refractivity contribution < 1.29 is 23.9 Å². The van der Waals surface area contributed by atoms with Gasteiger partial charge < -0.3 is 14.8 Å². The molecule has 1 aliphatic carbocycles. The van der Waals surface area contributed by atoms with Crippen molar-refractivity contribution >= 4 is 45.5 Å². The topological polar surface area (TPSA) is 94.6 Å². The van der Waals surface area contributed by atoms with E-state index in [0.29, 0.717) is 21.1 Å². The van der Waals surface area contributed by atoms with Gasteiger partial charge in [0.15, 0.2) is 6.10 Å². The Morgan fingerprint density at radius 3 is 2.52 bits per heavy atom. The van der Waals surface area contributed by atoms with Gasteiger partial charge in [-0.1, -0.05) is 0 Å². The van der Waals surface area contributed by atoms with Gasteiger partial charge in [0.25, 0.3) is 5.91 Å². The summed E-state index contributed by atoms with van der Waals surface area (Å²) < 4.78 is 10.5. The maximum atomic E-state index is 12.7. The number of thiophene rings is 1. The molecule has 1 aliphatic rings. The lowest BCUT2D eigenvalue weighted by Gasteiger charge is -2.14. The zero-order valence-electron chi connectivity index (χ0n) is 16.9. The third kappa shape index (κ3) is 4.67. The SMILES string of the molecule is CCOC(=O)c1c(NC(=O)C(C)OC(=O)c2sc(C)nc2C)sc2c1CCCC2. The molecule has 2 aromatic heterocycles. The molecular formula is C20H24N2O5S2. The lowest BCUT2D eigenvalue weighted by Crippen LogP contribution is -2.30. The first kappa shape index (κ1) is 21.4. The fourth-order valence-electron chi connectivity index (χ4n) is 3.27. The van der Waals surface area contributed by atoms with Crippen LogP contribution in [0.25, 0.3) is 0 Å². The number of amides is 1. The summed E-state index contributed by atoms with van der Waals surface area (Å²) >= 11 is 2.64. The molecule has 1 amide bonds. The van der Waals surface area contributed by atoms with Gasteiger partial charge in [0.2, 0.25) is 0 Å². The standard InChI is InChI=1S/C20H24N2O5S2/c1-5-26-19(24)15-13-8-6-7-9-14(13)29-18(15)22-17(23)11(3)27-20(25)16-10(2)21-12(4)28-16/h11H,5-9H2,1-4H3,(H,22,23). The predicted octanol–water partition coefficient (Wildman–Crippen LogP) is 4.06. The normalized spacial score (nSPS) is 14.1. The number of carbonyl (C=O) groups excluding carboxylic acids is 3. The van der Waals surface area contributed by atoms with E-state index in [1.165, 1.54) is 29.6 Å². The van der Waals surface area contributed by atoms with Crippen LogP contribution >= 0.6 is 22.7 Å². The number of anilines is 1. The van der Waals surface area contributed by atoms with Gasteiger partial charge in [-0.25, -0.2) is 14.6 Å². The lowest BCUT2D eigenvalue weighted by molar-refractivity contribution is -0.123. The number of hydrogen-bond donors (Lipinski definition) is 1. The number of aryl methyl sites for hydroxylation is 3. The van der Waals surface area contributed by atoms with Crippen LogP contribution in [0.5, 0.6) is 0 Å². The molecule has 9 heteroatoms. The average Bonchev–Trinajstić information content (AvgIpc) is 3.20. The van der Waals surface area contributed by atoms with Gasteiger partial charge in [0.05, 0.1) is 22.9 Å². The summed E-state index contributed by atoms with van der Waals surface area (Å²) in [4.78, 5) is 43.2. The van der Waals surface area contributed by atoms with Crippen molar-refractivity contribution in [2.75, 3.05) is 11.9 Å². The third-order valence-electron chi connectivity index (χ3n) is 4.63. The summed E-state index contributed by atoms with van der Waals surface area (Å²) in [5, 5.41) is 4.00. The number of esters is 2. The number of thiazole rings is 1. The summed E-state index contributed by atoms with van der Waals surface area (Å²) in [5.41, 5.74) is 1.99. The Labute approximate surface area is 177 Å². The van der Waals surface area contributed by atoms with Crippen LogP contribution in [-0.4, -0.2) is 35.5 Å². The largest absolute Gasteiger partial charge is 0.462 e. The maximum Gasteiger partial charge on any atom is 0.351 e. The molecule has 0 bridgehead atoms. The first-order valence-electron chi connectivity index (χ1n) is 9.59. The monoisotopic (exact) mass is 436 g/mol. The van der Waals surface area contributed by atoms with E-state index in [1.54, 1.807) is 20.8 Å². The Hall–Kier alpha value is -2.26. The van der Waals surface area contributed by atoms with Crippen molar-refractivity contribution in [3.63, 3.8) is 0 Å². The average molecular weight is 437 g/mol. The molecule has 1 unspecified atom stereocenters. The van der Waals surface area contributed by atoms with Gasteiger partial charge in [-0.3, -0.25) is 4.79 Å². The number of rotatable bonds is 6. The van der Waals surface area contributed by atoms with Crippen molar-refractivity contribution in [2.24, 2.45) is 0 Å². The van der Waals surface area contributed by atoms with Crippen LogP contribution in [-0.2, 0) is 27.1 Å². The molecule has 1 N–H and O–H groups in total. The summed E-state index contributed by atoms with van der Waals surface area (Å²) in [5.74, 6) is -1.49. The third-order valence-corrected chi connectivity index (χ3v) is 6.89. The molecule has 1 atom stereocenters. The Balaban J connectivity index is 1.76. The first-order valence-corrected chi connectivity index (χ1v) is 11.2. The Morgan fingerprint density at radius 1 is 1.14 bits per heavy atom. The molecule has 2 aromatic rings. The van der Waals surface area contributed by atoms with Crippen LogP contribution in [0.3, 0.4) is 0 Å². The number of carbonyl (C=O) groups is 3. The van der Waals surface area contributed by atoms with Crippen LogP contribution in [0.1, 0.15) is 67.9 Å². The van der Waals surface area contributed by atoms with E-state index in [9.17, 15) is 14.4 Å². The Morgan fingerprint density at radius 2 is 1.86 bits per heavy atom. The molecule has 0 aromatic carbocycles. The highest BCUT2D eigenvalue weighted by Gasteiger charge is 2.29. The van der Waals surface area contributed by atoms with Crippen LogP contribution in [0.15, 0.2) is 0 Å². The lowest BCUT2D eigenvalue weighted by atomic mass is 9.95. The second-order valence-corrected chi connectivity index (χ2v) is 9.13. The van der Waals surface area contributed by atoms with E-state index in [0.717, 1.165) is 41.1 Å². The van der Waals surface area contributed by atoms with Crippen LogP contribution < -0.4 is 5.32 Å². The molecule has 3 rings (SSSR count). The highest BCUT2D eigenvalue weighted by Crippen LogP contribution is 2.38. The van der Waals surface area contributed by atoms with E-state index in [1.807, 2.05) is 0 Å². The number of aromatic nitrogens is 1. The van der Waals surface area contributed by atoms with Gasteiger partial charge in [0.1, 0.15) is 9.88 Å². The Kier molecular flexibility index (Phi) is 6.69. The fraction of sp³-hybridized carbons (Fsp3) is 0.500. The number of nitrogens with zero attached hydrogens (tertiary/aromatic N) is 1. The van der Waals surface area contributed by atoms with E-state index in [4.69, 9.17) is 9.47 Å². The van der Waals surface area contributed by atoms with E-state index in [2.05, 4.69) is 10.3 Å². The van der Waals surface area contributed by atoms with Crippen LogP contribution in [0.4, 0.5) is 5.00 Å². The van der Waals surface area contributed by atoms with Gasteiger partial charge in [-0.15, -0.1) is 22.7 Å². The maximum absolute atomic E-state index is 12.7. The van der Waals surface area contributed by atoms with E-state index >= 15 is 0 Å². The molecule has 0 aliphatic heterocycles. The molecule has 0 saturated carbocycles. The zero-order valence-corrected chi connectivity index (χ0v) is 18.6. The minimum absolute atomic E-state index is 0.262. The van der Waals surface area contributed by atoms with Gasteiger partial charge in [-0.05, 0) is 58.9 Å². The molecule has 7 nitrogen and oxygen atoms in total. The smallest absolute Gasteiger partial charge is 0.351 e. The van der Waals surface area contributed by atoms with Crippen molar-refractivity contribution in [1.82, 2.24) is 4.98 Å². The van der Waals surface area contributed by atoms with Gasteiger partial charge >= 0.3 is 11.9 Å².